The first kappa shape index (κ1) is 16.3. The van der Waals surface area contributed by atoms with Crippen LogP contribution in [0.2, 0.25) is 0 Å². The molecule has 5 rings (SSSR count). The van der Waals surface area contributed by atoms with Crippen LogP contribution in [0.15, 0.2) is 42.7 Å². The molecule has 27 heavy (non-hydrogen) atoms. The molecular formula is C20H13F2N3OS. The van der Waals surface area contributed by atoms with Gasteiger partial charge in [-0.1, -0.05) is 0 Å². The molecule has 0 aliphatic heterocycles. The maximum absolute atomic E-state index is 14.1. The van der Waals surface area contributed by atoms with Gasteiger partial charge < -0.3 is 4.74 Å². The Bertz CT molecular complexity index is 1160. The first-order valence-corrected chi connectivity index (χ1v) is 9.36. The molecule has 0 bridgehead atoms. The van der Waals surface area contributed by atoms with E-state index in [9.17, 15) is 8.78 Å². The average Bonchev–Trinajstić information content (AvgIpc) is 3.25. The number of benzene rings is 1. The van der Waals surface area contributed by atoms with E-state index in [1.807, 2.05) is 6.07 Å². The van der Waals surface area contributed by atoms with E-state index in [0.29, 0.717) is 11.7 Å². The van der Waals surface area contributed by atoms with E-state index in [0.717, 1.165) is 47.2 Å². The van der Waals surface area contributed by atoms with Crippen molar-refractivity contribution in [3.63, 3.8) is 0 Å². The summed E-state index contributed by atoms with van der Waals surface area (Å²) in [6, 6.07) is 6.90. The van der Waals surface area contributed by atoms with Gasteiger partial charge in [0.15, 0.2) is 17.4 Å². The van der Waals surface area contributed by atoms with Gasteiger partial charge in [-0.15, -0.1) is 11.3 Å². The summed E-state index contributed by atoms with van der Waals surface area (Å²) in [4.78, 5) is 15.4. The summed E-state index contributed by atoms with van der Waals surface area (Å²) < 4.78 is 33.2. The van der Waals surface area contributed by atoms with Gasteiger partial charge in [-0.2, -0.15) is 4.98 Å². The summed E-state index contributed by atoms with van der Waals surface area (Å²) in [7, 11) is 0. The second-order valence-corrected chi connectivity index (χ2v) is 7.39. The molecule has 134 valence electrons. The molecule has 0 amide bonds. The number of rotatable bonds is 3. The van der Waals surface area contributed by atoms with Crippen molar-refractivity contribution >= 4 is 21.6 Å². The molecule has 0 spiro atoms. The Morgan fingerprint density at radius 1 is 1.07 bits per heavy atom. The Balaban J connectivity index is 1.70. The molecule has 1 aliphatic rings. The first-order chi connectivity index (χ1) is 13.2. The zero-order chi connectivity index (χ0) is 18.4. The molecule has 0 unspecified atom stereocenters. The van der Waals surface area contributed by atoms with E-state index in [1.54, 1.807) is 29.8 Å². The normalized spacial score (nSPS) is 13.1. The lowest BCUT2D eigenvalue weighted by molar-refractivity contribution is 0.428. The van der Waals surface area contributed by atoms with Crippen molar-refractivity contribution in [3.8, 4) is 23.0 Å². The fraction of sp³-hybridized carbons (Fsp3) is 0.150. The maximum atomic E-state index is 14.1. The smallest absolute Gasteiger partial charge is 0.232 e. The highest BCUT2D eigenvalue weighted by molar-refractivity contribution is 7.19. The van der Waals surface area contributed by atoms with Gasteiger partial charge in [0.1, 0.15) is 10.6 Å². The van der Waals surface area contributed by atoms with Crippen LogP contribution >= 0.6 is 11.3 Å². The molecule has 1 aromatic carbocycles. The Morgan fingerprint density at radius 3 is 2.81 bits per heavy atom. The van der Waals surface area contributed by atoms with Gasteiger partial charge in [0.25, 0.3) is 0 Å². The molecule has 0 saturated carbocycles. The van der Waals surface area contributed by atoms with Gasteiger partial charge in [0.05, 0.1) is 5.39 Å². The van der Waals surface area contributed by atoms with Crippen molar-refractivity contribution in [2.24, 2.45) is 0 Å². The lowest BCUT2D eigenvalue weighted by atomic mass is 10.2. The predicted molar refractivity (Wildman–Crippen MR) is 99.1 cm³/mol. The van der Waals surface area contributed by atoms with E-state index in [-0.39, 0.29) is 5.75 Å². The van der Waals surface area contributed by atoms with Crippen LogP contribution < -0.4 is 4.74 Å². The van der Waals surface area contributed by atoms with Crippen LogP contribution in [-0.4, -0.2) is 15.0 Å². The van der Waals surface area contributed by atoms with Crippen molar-refractivity contribution in [1.29, 1.82) is 0 Å². The highest BCUT2D eigenvalue weighted by Gasteiger charge is 2.24. The quantitative estimate of drug-likeness (QED) is 0.482. The van der Waals surface area contributed by atoms with Gasteiger partial charge >= 0.3 is 0 Å². The third kappa shape index (κ3) is 2.84. The van der Waals surface area contributed by atoms with E-state index >= 15 is 0 Å². The highest BCUT2D eigenvalue weighted by Crippen LogP contribution is 2.42. The summed E-state index contributed by atoms with van der Waals surface area (Å²) in [5.74, 6) is -0.722. The number of halogens is 2. The number of aromatic nitrogens is 3. The Morgan fingerprint density at radius 2 is 2.00 bits per heavy atom. The number of pyridine rings is 1. The van der Waals surface area contributed by atoms with Crippen LogP contribution in [0.1, 0.15) is 16.9 Å². The topological polar surface area (TPSA) is 47.9 Å². The standard InChI is InChI=1S/C20H13F2N3OS/c21-12-6-7-15(14(22)9-12)26-19-17-13-4-1-5-16(13)27-20(17)25-18(24-19)11-3-2-8-23-10-11/h2-3,6-10H,1,4-5H2. The van der Waals surface area contributed by atoms with Crippen LogP contribution in [0, 0.1) is 11.6 Å². The molecule has 7 heteroatoms. The molecule has 4 nitrogen and oxygen atoms in total. The van der Waals surface area contributed by atoms with E-state index in [2.05, 4.69) is 15.0 Å². The fourth-order valence-electron chi connectivity index (χ4n) is 3.32. The SMILES string of the molecule is Fc1ccc(Oc2nc(-c3cccnc3)nc3sc4c(c23)CCC4)c(F)c1. The number of hydrogen-bond acceptors (Lipinski definition) is 5. The minimum absolute atomic E-state index is 0.0634. The lowest BCUT2D eigenvalue weighted by Gasteiger charge is -2.10. The maximum Gasteiger partial charge on any atom is 0.232 e. The zero-order valence-corrected chi connectivity index (χ0v) is 14.9. The van der Waals surface area contributed by atoms with Crippen molar-refractivity contribution in [2.45, 2.75) is 19.3 Å². The van der Waals surface area contributed by atoms with Crippen LogP contribution in [0.3, 0.4) is 0 Å². The molecule has 0 N–H and O–H groups in total. The Labute approximate surface area is 157 Å². The number of fused-ring (bicyclic) bond motifs is 3. The largest absolute Gasteiger partial charge is 0.435 e. The molecular weight excluding hydrogens is 368 g/mol. The number of thiophene rings is 1. The van der Waals surface area contributed by atoms with Gasteiger partial charge in [-0.3, -0.25) is 4.98 Å². The highest BCUT2D eigenvalue weighted by atomic mass is 32.1. The van der Waals surface area contributed by atoms with E-state index < -0.39 is 11.6 Å². The lowest BCUT2D eigenvalue weighted by Crippen LogP contribution is -1.97. The second-order valence-electron chi connectivity index (χ2n) is 6.31. The van der Waals surface area contributed by atoms with E-state index in [1.165, 1.54) is 16.5 Å². The summed E-state index contributed by atoms with van der Waals surface area (Å²) in [6.45, 7) is 0. The molecule has 0 fully saturated rings. The average molecular weight is 381 g/mol. The van der Waals surface area contributed by atoms with Crippen LogP contribution in [0.4, 0.5) is 8.78 Å². The Kier molecular flexibility index (Phi) is 3.82. The first-order valence-electron chi connectivity index (χ1n) is 8.54. The Hall–Kier alpha value is -2.93. The van der Waals surface area contributed by atoms with Gasteiger partial charge in [-0.25, -0.2) is 13.8 Å². The fourth-order valence-corrected chi connectivity index (χ4v) is 4.57. The van der Waals surface area contributed by atoms with E-state index in [4.69, 9.17) is 4.74 Å². The molecule has 0 atom stereocenters. The predicted octanol–water partition coefficient (Wildman–Crippen LogP) is 5.31. The number of ether oxygens (including phenoxy) is 1. The summed E-state index contributed by atoms with van der Waals surface area (Å²) >= 11 is 1.62. The van der Waals surface area contributed by atoms with Crippen LogP contribution in [0.5, 0.6) is 11.6 Å². The van der Waals surface area contributed by atoms with Crippen molar-refractivity contribution < 1.29 is 13.5 Å². The van der Waals surface area contributed by atoms with Crippen molar-refractivity contribution in [1.82, 2.24) is 15.0 Å². The monoisotopic (exact) mass is 381 g/mol. The number of hydrogen-bond donors (Lipinski definition) is 0. The molecule has 3 heterocycles. The van der Waals surface area contributed by atoms with Crippen molar-refractivity contribution in [3.05, 3.63) is 64.8 Å². The van der Waals surface area contributed by atoms with Crippen molar-refractivity contribution in [2.75, 3.05) is 0 Å². The summed E-state index contributed by atoms with van der Waals surface area (Å²) in [6.07, 6.45) is 6.35. The molecule has 1 aliphatic carbocycles. The molecule has 4 aromatic rings. The second kappa shape index (κ2) is 6.35. The summed E-state index contributed by atoms with van der Waals surface area (Å²) in [5, 5.41) is 0.823. The summed E-state index contributed by atoms with van der Waals surface area (Å²) in [5.41, 5.74) is 1.92. The number of nitrogens with zero attached hydrogens (tertiary/aromatic N) is 3. The molecule has 0 radical (unpaired) electrons. The minimum Gasteiger partial charge on any atom is -0.435 e. The third-order valence-electron chi connectivity index (χ3n) is 4.55. The zero-order valence-electron chi connectivity index (χ0n) is 14.1. The van der Waals surface area contributed by atoms with Gasteiger partial charge in [0.2, 0.25) is 5.88 Å². The van der Waals surface area contributed by atoms with Crippen LogP contribution in [-0.2, 0) is 12.8 Å². The molecule has 3 aromatic heterocycles. The van der Waals surface area contributed by atoms with Gasteiger partial charge in [0, 0.05) is 28.9 Å². The third-order valence-corrected chi connectivity index (χ3v) is 5.74. The number of aryl methyl sites for hydroxylation is 2. The molecule has 0 saturated heterocycles. The van der Waals surface area contributed by atoms with Gasteiger partial charge in [-0.05, 0) is 49.1 Å². The van der Waals surface area contributed by atoms with Crippen LogP contribution in [0.25, 0.3) is 21.6 Å². The minimum atomic E-state index is -0.767.